The number of hydrogen-bond donors (Lipinski definition) is 3. The molecular formula is C22H23Cl2N4O2PS2. The molecule has 2 heterocycles. The molecule has 0 spiro atoms. The van der Waals surface area contributed by atoms with Crippen LogP contribution in [0.2, 0.25) is 10.0 Å². The third-order valence-electron chi connectivity index (χ3n) is 6.14. The Balaban J connectivity index is 1.18. The van der Waals surface area contributed by atoms with E-state index in [1.807, 2.05) is 35.7 Å². The van der Waals surface area contributed by atoms with Crippen molar-refractivity contribution in [1.82, 2.24) is 10.3 Å². The molecule has 6 nitrogen and oxygen atoms in total. The second kappa shape index (κ2) is 8.82. The summed E-state index contributed by atoms with van der Waals surface area (Å²) in [5, 5.41) is 6.76. The molecule has 2 fully saturated rings. The fourth-order valence-electron chi connectivity index (χ4n) is 4.10. The van der Waals surface area contributed by atoms with Crippen LogP contribution in [0.3, 0.4) is 0 Å². The van der Waals surface area contributed by atoms with E-state index in [9.17, 15) is 9.00 Å². The average molecular weight is 541 g/mol. The summed E-state index contributed by atoms with van der Waals surface area (Å²) >= 11 is 13.8. The van der Waals surface area contributed by atoms with Crippen LogP contribution in [0.15, 0.2) is 58.9 Å². The molecular weight excluding hydrogens is 518 g/mol. The van der Waals surface area contributed by atoms with Crippen molar-refractivity contribution in [2.45, 2.75) is 29.2 Å². The molecule has 3 aromatic rings. The van der Waals surface area contributed by atoms with E-state index in [4.69, 9.17) is 23.2 Å². The zero-order valence-corrected chi connectivity index (χ0v) is 21.9. The summed E-state index contributed by atoms with van der Waals surface area (Å²) in [6.45, 7) is 1.46. The number of halogens is 2. The second-order valence-electron chi connectivity index (χ2n) is 8.41. The van der Waals surface area contributed by atoms with Gasteiger partial charge in [-0.3, -0.25) is 13.7 Å². The van der Waals surface area contributed by atoms with Gasteiger partial charge in [-0.15, -0.1) is 11.3 Å². The van der Waals surface area contributed by atoms with Crippen LogP contribution in [0.5, 0.6) is 0 Å². The fraction of sp³-hybridized carbons (Fsp3) is 0.273. The quantitative estimate of drug-likeness (QED) is 0.300. The number of hydrogen-bond acceptors (Lipinski definition) is 5. The highest BCUT2D eigenvalue weighted by Crippen LogP contribution is 2.51. The van der Waals surface area contributed by atoms with E-state index in [2.05, 4.69) is 28.4 Å². The molecule has 0 radical (unpaired) electrons. The van der Waals surface area contributed by atoms with E-state index < -0.39 is 15.2 Å². The summed E-state index contributed by atoms with van der Waals surface area (Å²) < 4.78 is 16.0. The molecule has 174 valence electrons. The van der Waals surface area contributed by atoms with Crippen LogP contribution in [0.1, 0.15) is 18.4 Å². The van der Waals surface area contributed by atoms with Crippen molar-refractivity contribution in [3.8, 4) is 0 Å². The van der Waals surface area contributed by atoms with Gasteiger partial charge in [0.25, 0.3) is 0 Å². The molecule has 1 aromatic heterocycles. The Kier molecular flexibility index (Phi) is 6.17. The number of rotatable bonds is 7. The number of nitrogens with zero attached hydrogens (tertiary/aromatic N) is 2. The van der Waals surface area contributed by atoms with Crippen LogP contribution in [-0.4, -0.2) is 34.2 Å². The van der Waals surface area contributed by atoms with E-state index in [-0.39, 0.29) is 11.9 Å². The van der Waals surface area contributed by atoms with E-state index >= 15 is 0 Å². The smallest absolute Gasteiger partial charge is 0.231 e. The highest BCUT2D eigenvalue weighted by atomic mass is 35.5. The Bertz CT molecular complexity index is 1230. The maximum Gasteiger partial charge on any atom is 0.231 e. The van der Waals surface area contributed by atoms with Crippen LogP contribution in [0.25, 0.3) is 0 Å². The van der Waals surface area contributed by atoms with E-state index in [0.717, 1.165) is 37.2 Å². The first-order valence-corrected chi connectivity index (χ1v) is 15.4. The lowest BCUT2D eigenvalue weighted by atomic mass is 9.94. The van der Waals surface area contributed by atoms with E-state index in [1.54, 1.807) is 18.3 Å². The number of nitrogens with one attached hydrogen (secondary N) is 2. The van der Waals surface area contributed by atoms with Crippen LogP contribution in [0, 0.1) is 0 Å². The lowest BCUT2D eigenvalue weighted by Gasteiger charge is -2.42. The molecule has 5 rings (SSSR count). The molecule has 11 heteroatoms. The molecule has 2 aliphatic rings. The van der Waals surface area contributed by atoms with Crippen LogP contribution in [0.4, 0.5) is 10.8 Å². The van der Waals surface area contributed by atoms with Crippen LogP contribution in [-0.2, 0) is 19.9 Å². The Hall–Kier alpha value is -1.70. The standard InChI is InChI=1S/C22H23Cl2N4O2PS2/c23-14-1-6-18(19(24)11-14)22(7-8-22)20(29)26-15-12-28(13-15)16-2-4-17(5-3-16)33(30,31)27-21-25-9-10-32-21/h1-6,9-11,15,33H,7-8,12-13,31H2,(H,26,29)(H,25,27,30). The molecule has 0 bridgehead atoms. The topological polar surface area (TPSA) is 74.3 Å². The van der Waals surface area contributed by atoms with Gasteiger partial charge in [-0.1, -0.05) is 29.3 Å². The highest BCUT2D eigenvalue weighted by Gasteiger charge is 2.53. The monoisotopic (exact) mass is 540 g/mol. The molecule has 1 saturated carbocycles. The predicted molar refractivity (Wildman–Crippen MR) is 141 cm³/mol. The number of thiol groups is 1. The molecule has 2 aromatic carbocycles. The predicted octanol–water partition coefficient (Wildman–Crippen LogP) is 4.68. The number of benzene rings is 2. The van der Waals surface area contributed by atoms with Gasteiger partial charge in [-0.05, 0) is 73.0 Å². The van der Waals surface area contributed by atoms with Gasteiger partial charge < -0.3 is 10.2 Å². The van der Waals surface area contributed by atoms with Crippen LogP contribution >= 0.6 is 43.0 Å². The van der Waals surface area contributed by atoms with Crippen molar-refractivity contribution in [3.05, 3.63) is 69.7 Å². The first kappa shape index (κ1) is 23.1. The molecule has 1 unspecified atom stereocenters. The largest absolute Gasteiger partial charge is 0.367 e. The van der Waals surface area contributed by atoms with E-state index in [0.29, 0.717) is 20.1 Å². The highest BCUT2D eigenvalue weighted by molar-refractivity contribution is 8.46. The maximum atomic E-state index is 13.0. The summed E-state index contributed by atoms with van der Waals surface area (Å²) in [5.74, 6) is 0.0314. The van der Waals surface area contributed by atoms with Crippen molar-refractivity contribution in [3.63, 3.8) is 0 Å². The van der Waals surface area contributed by atoms with Gasteiger partial charge >= 0.3 is 0 Å². The first-order valence-electron chi connectivity index (χ1n) is 10.5. The van der Waals surface area contributed by atoms with Gasteiger partial charge in [0.2, 0.25) is 5.91 Å². The molecule has 1 aliphatic heterocycles. The number of thiazole rings is 1. The average Bonchev–Trinajstić information content (AvgIpc) is 3.40. The first-order chi connectivity index (χ1) is 15.8. The Morgan fingerprint density at radius 1 is 1.18 bits per heavy atom. The third-order valence-corrected chi connectivity index (χ3v) is 10.4. The SMILES string of the molecule is O=C(NC1CN(c2ccc([SH](=O)(P)Nc3nccs3)cc2)C1)C1(c2ccc(Cl)cc2Cl)CC1. The third kappa shape index (κ3) is 4.64. The zero-order chi connectivity index (χ0) is 23.2. The van der Waals surface area contributed by atoms with Gasteiger partial charge in [0.05, 0.1) is 11.5 Å². The van der Waals surface area contributed by atoms with Crippen molar-refractivity contribution >= 4 is 69.4 Å². The van der Waals surface area contributed by atoms with E-state index in [1.165, 1.54) is 11.3 Å². The van der Waals surface area contributed by atoms with Gasteiger partial charge in [0.1, 0.15) is 0 Å². The van der Waals surface area contributed by atoms with Crippen molar-refractivity contribution in [2.75, 3.05) is 22.7 Å². The Morgan fingerprint density at radius 2 is 1.91 bits per heavy atom. The van der Waals surface area contributed by atoms with Crippen LogP contribution < -0.4 is 14.9 Å². The van der Waals surface area contributed by atoms with Crippen molar-refractivity contribution < 1.29 is 9.00 Å². The van der Waals surface area contributed by atoms with Gasteiger partial charge in [-0.2, -0.15) is 0 Å². The Labute approximate surface area is 209 Å². The lowest BCUT2D eigenvalue weighted by molar-refractivity contribution is -0.124. The zero-order valence-electron chi connectivity index (χ0n) is 17.5. The number of amides is 1. The van der Waals surface area contributed by atoms with Gasteiger partial charge in [0, 0.05) is 45.3 Å². The normalized spacial score (nSPS) is 17.8. The maximum absolute atomic E-state index is 13.0. The van der Waals surface area contributed by atoms with Crippen molar-refractivity contribution in [1.29, 1.82) is 0 Å². The summed E-state index contributed by atoms with van der Waals surface area (Å²) in [6.07, 6.45) is 3.26. The fourth-order valence-corrected chi connectivity index (χ4v) is 7.90. The number of carbonyl (C=O) groups is 1. The number of carbonyl (C=O) groups excluding carboxylic acids is 1. The van der Waals surface area contributed by atoms with Gasteiger partial charge in [-0.25, -0.2) is 4.98 Å². The number of anilines is 2. The summed E-state index contributed by atoms with van der Waals surface area (Å²) in [5.41, 5.74) is 1.35. The number of aromatic nitrogens is 1. The second-order valence-corrected chi connectivity index (χ2v) is 14.4. The summed E-state index contributed by atoms with van der Waals surface area (Å²) in [4.78, 5) is 20.1. The minimum absolute atomic E-state index is 0.0314. The minimum Gasteiger partial charge on any atom is -0.367 e. The molecule has 1 atom stereocenters. The Morgan fingerprint density at radius 3 is 2.52 bits per heavy atom. The summed E-state index contributed by atoms with van der Waals surface area (Å²) in [6, 6.07) is 13.1. The molecule has 1 aliphatic carbocycles. The molecule has 1 amide bonds. The molecule has 1 saturated heterocycles. The van der Waals surface area contributed by atoms with Gasteiger partial charge in [0.15, 0.2) is 5.13 Å². The molecule has 2 N–H and O–H groups in total. The summed E-state index contributed by atoms with van der Waals surface area (Å²) in [7, 11) is -0.406. The lowest BCUT2D eigenvalue weighted by Crippen LogP contribution is -2.60. The minimum atomic E-state index is -2.83. The van der Waals surface area contributed by atoms with Crippen molar-refractivity contribution in [2.24, 2.45) is 0 Å². The molecule has 33 heavy (non-hydrogen) atoms.